The van der Waals surface area contributed by atoms with Crippen LogP contribution in [0.2, 0.25) is 0 Å². The normalized spacial score (nSPS) is 18.9. The zero-order valence-corrected chi connectivity index (χ0v) is 19.4. The predicted octanol–water partition coefficient (Wildman–Crippen LogP) is 4.63. The minimum Gasteiger partial charge on any atom is -0.398 e. The highest BCUT2D eigenvalue weighted by Crippen LogP contribution is 2.42. The summed E-state index contributed by atoms with van der Waals surface area (Å²) in [5.41, 5.74) is 12.2. The molecule has 4 rings (SSSR count). The van der Waals surface area contributed by atoms with E-state index in [4.69, 9.17) is 21.0 Å². The van der Waals surface area contributed by atoms with Crippen molar-refractivity contribution in [1.29, 1.82) is 10.5 Å². The van der Waals surface area contributed by atoms with Gasteiger partial charge in [0.2, 0.25) is 0 Å². The molecule has 2 aromatic rings. The van der Waals surface area contributed by atoms with E-state index in [9.17, 15) is 5.26 Å². The standard InChI is InChI=1S/C26H32N6/c1-4-16(3)19-8-9-22(29)21(13-28)25(19)18-6-7-20-23(12-18)30-24(5-2)31-26(20)32-14-17(15-32)10-11-27/h8-9,16-18H,4-7,10,12,14-15,29H2,1-3H3/t16-,18?/m0/s1. The number of nitriles is 2. The summed E-state index contributed by atoms with van der Waals surface area (Å²) in [5.74, 6) is 2.99. The largest absolute Gasteiger partial charge is 0.398 e. The van der Waals surface area contributed by atoms with Gasteiger partial charge in [0.1, 0.15) is 17.7 Å². The van der Waals surface area contributed by atoms with Gasteiger partial charge in [-0.3, -0.25) is 0 Å². The number of benzene rings is 1. The molecule has 1 fully saturated rings. The Kier molecular flexibility index (Phi) is 6.33. The molecule has 1 aliphatic carbocycles. The summed E-state index contributed by atoms with van der Waals surface area (Å²) in [6.45, 7) is 8.30. The second kappa shape index (κ2) is 9.17. The minimum absolute atomic E-state index is 0.236. The average molecular weight is 429 g/mol. The lowest BCUT2D eigenvalue weighted by atomic mass is 9.76. The van der Waals surface area contributed by atoms with Gasteiger partial charge in [0.15, 0.2) is 0 Å². The minimum atomic E-state index is 0.236. The van der Waals surface area contributed by atoms with Crippen molar-refractivity contribution in [1.82, 2.24) is 9.97 Å². The highest BCUT2D eigenvalue weighted by atomic mass is 15.2. The molecule has 32 heavy (non-hydrogen) atoms. The molecule has 2 atom stereocenters. The molecule has 166 valence electrons. The van der Waals surface area contributed by atoms with Crippen molar-refractivity contribution < 1.29 is 0 Å². The van der Waals surface area contributed by atoms with Crippen molar-refractivity contribution in [2.45, 2.75) is 71.1 Å². The number of rotatable bonds is 6. The average Bonchev–Trinajstić information content (AvgIpc) is 2.79. The molecule has 6 heteroatoms. The number of aromatic nitrogens is 2. The van der Waals surface area contributed by atoms with Gasteiger partial charge < -0.3 is 10.6 Å². The third kappa shape index (κ3) is 3.91. The van der Waals surface area contributed by atoms with Crippen LogP contribution in [-0.4, -0.2) is 23.1 Å². The maximum atomic E-state index is 9.93. The summed E-state index contributed by atoms with van der Waals surface area (Å²) in [6.07, 6.45) is 5.10. The van der Waals surface area contributed by atoms with E-state index in [0.717, 1.165) is 68.1 Å². The van der Waals surface area contributed by atoms with E-state index in [1.165, 1.54) is 11.1 Å². The number of aryl methyl sites for hydroxylation is 1. The zero-order chi connectivity index (χ0) is 22.8. The molecule has 2 aliphatic rings. The summed E-state index contributed by atoms with van der Waals surface area (Å²) in [4.78, 5) is 12.1. The first-order valence-electron chi connectivity index (χ1n) is 11.8. The van der Waals surface area contributed by atoms with Crippen LogP contribution in [0.1, 0.15) is 85.6 Å². The maximum Gasteiger partial charge on any atom is 0.135 e. The Morgan fingerprint density at radius 2 is 2.00 bits per heavy atom. The first-order chi connectivity index (χ1) is 15.5. The maximum absolute atomic E-state index is 9.93. The third-order valence-corrected chi connectivity index (χ3v) is 7.23. The molecule has 6 nitrogen and oxygen atoms in total. The fraction of sp³-hybridized carbons (Fsp3) is 0.538. The Balaban J connectivity index is 1.71. The van der Waals surface area contributed by atoms with Crippen LogP contribution in [0.5, 0.6) is 0 Å². The van der Waals surface area contributed by atoms with Gasteiger partial charge in [-0.1, -0.05) is 26.8 Å². The van der Waals surface area contributed by atoms with Crippen LogP contribution >= 0.6 is 0 Å². The fourth-order valence-electron chi connectivity index (χ4n) is 5.18. The first-order valence-corrected chi connectivity index (χ1v) is 11.8. The van der Waals surface area contributed by atoms with E-state index in [1.807, 2.05) is 6.07 Å². The molecular weight excluding hydrogens is 396 g/mol. The predicted molar refractivity (Wildman–Crippen MR) is 126 cm³/mol. The van der Waals surface area contributed by atoms with Crippen LogP contribution in [0.25, 0.3) is 0 Å². The Morgan fingerprint density at radius 3 is 2.66 bits per heavy atom. The van der Waals surface area contributed by atoms with Crippen LogP contribution in [0.3, 0.4) is 0 Å². The van der Waals surface area contributed by atoms with Crippen molar-refractivity contribution in [2.24, 2.45) is 5.92 Å². The molecular formula is C26H32N6. The van der Waals surface area contributed by atoms with E-state index in [1.54, 1.807) is 0 Å². The Morgan fingerprint density at radius 1 is 1.22 bits per heavy atom. The van der Waals surface area contributed by atoms with Gasteiger partial charge in [-0.2, -0.15) is 10.5 Å². The van der Waals surface area contributed by atoms with E-state index in [-0.39, 0.29) is 5.92 Å². The quantitative estimate of drug-likeness (QED) is 0.673. The molecule has 0 bridgehead atoms. The van der Waals surface area contributed by atoms with E-state index >= 15 is 0 Å². The molecule has 2 heterocycles. The zero-order valence-electron chi connectivity index (χ0n) is 19.4. The molecule has 0 saturated carbocycles. The van der Waals surface area contributed by atoms with Crippen molar-refractivity contribution in [2.75, 3.05) is 23.7 Å². The number of hydrogen-bond donors (Lipinski definition) is 1. The lowest BCUT2D eigenvalue weighted by Crippen LogP contribution is -2.48. The summed E-state index contributed by atoms with van der Waals surface area (Å²) in [6, 6.07) is 8.69. The SMILES string of the molecule is CCc1nc2c(c(N3CC(CC#N)C3)n1)CCC(c1c([C@@H](C)CC)ccc(N)c1C#N)C2. The second-order valence-electron chi connectivity index (χ2n) is 9.27. The van der Waals surface area contributed by atoms with Gasteiger partial charge in [0, 0.05) is 43.1 Å². The number of nitrogens with zero attached hydrogens (tertiary/aromatic N) is 5. The van der Waals surface area contributed by atoms with Crippen LogP contribution in [0.4, 0.5) is 11.5 Å². The summed E-state index contributed by atoms with van der Waals surface area (Å²) < 4.78 is 0. The topological polar surface area (TPSA) is 103 Å². The van der Waals surface area contributed by atoms with Crippen LogP contribution in [0, 0.1) is 28.6 Å². The third-order valence-electron chi connectivity index (χ3n) is 7.23. The van der Waals surface area contributed by atoms with Crippen LogP contribution in [0.15, 0.2) is 12.1 Å². The molecule has 1 aliphatic heterocycles. The Bertz CT molecular complexity index is 1090. The van der Waals surface area contributed by atoms with Gasteiger partial charge in [0.25, 0.3) is 0 Å². The van der Waals surface area contributed by atoms with Crippen molar-refractivity contribution in [3.05, 3.63) is 45.9 Å². The molecule has 2 N–H and O–H groups in total. The lowest BCUT2D eigenvalue weighted by molar-refractivity contribution is 0.411. The smallest absolute Gasteiger partial charge is 0.135 e. The van der Waals surface area contributed by atoms with Crippen LogP contribution in [-0.2, 0) is 19.3 Å². The van der Waals surface area contributed by atoms with E-state index in [2.05, 4.69) is 43.9 Å². The molecule has 1 aromatic carbocycles. The molecule has 0 radical (unpaired) electrons. The van der Waals surface area contributed by atoms with Crippen LogP contribution < -0.4 is 10.6 Å². The van der Waals surface area contributed by atoms with Gasteiger partial charge >= 0.3 is 0 Å². The van der Waals surface area contributed by atoms with Gasteiger partial charge in [0.05, 0.1) is 17.3 Å². The number of fused-ring (bicyclic) bond motifs is 1. The lowest BCUT2D eigenvalue weighted by Gasteiger charge is -2.41. The molecule has 1 unspecified atom stereocenters. The molecule has 0 amide bonds. The second-order valence-corrected chi connectivity index (χ2v) is 9.27. The Labute approximate surface area is 191 Å². The van der Waals surface area contributed by atoms with Gasteiger partial charge in [-0.05, 0) is 54.7 Å². The van der Waals surface area contributed by atoms with Gasteiger partial charge in [-0.15, -0.1) is 0 Å². The summed E-state index contributed by atoms with van der Waals surface area (Å²) >= 11 is 0. The van der Waals surface area contributed by atoms with E-state index in [0.29, 0.717) is 29.5 Å². The summed E-state index contributed by atoms with van der Waals surface area (Å²) in [5, 5.41) is 18.9. The number of nitrogens with two attached hydrogens (primary N) is 1. The highest BCUT2D eigenvalue weighted by molar-refractivity contribution is 5.63. The van der Waals surface area contributed by atoms with Gasteiger partial charge in [-0.25, -0.2) is 9.97 Å². The molecule has 1 aromatic heterocycles. The number of anilines is 2. The molecule has 1 saturated heterocycles. The summed E-state index contributed by atoms with van der Waals surface area (Å²) in [7, 11) is 0. The number of hydrogen-bond acceptors (Lipinski definition) is 6. The monoisotopic (exact) mass is 428 g/mol. The van der Waals surface area contributed by atoms with Crippen molar-refractivity contribution in [3.8, 4) is 12.1 Å². The first kappa shape index (κ1) is 22.1. The number of nitrogen functional groups attached to an aromatic ring is 1. The van der Waals surface area contributed by atoms with E-state index < -0.39 is 0 Å². The van der Waals surface area contributed by atoms with Crippen molar-refractivity contribution in [3.63, 3.8) is 0 Å². The Hall–Kier alpha value is -3.12. The fourth-order valence-corrected chi connectivity index (χ4v) is 5.18. The molecule has 0 spiro atoms. The van der Waals surface area contributed by atoms with Crippen molar-refractivity contribution >= 4 is 11.5 Å². The highest BCUT2D eigenvalue weighted by Gasteiger charge is 2.34.